The third kappa shape index (κ3) is 3.09. The summed E-state index contributed by atoms with van der Waals surface area (Å²) in [5.74, 6) is 1.04. The van der Waals surface area contributed by atoms with Crippen molar-refractivity contribution < 1.29 is 19.0 Å². The van der Waals surface area contributed by atoms with Crippen LogP contribution in [0.15, 0.2) is 36.4 Å². The van der Waals surface area contributed by atoms with E-state index in [1.54, 1.807) is 14.2 Å². The van der Waals surface area contributed by atoms with E-state index in [2.05, 4.69) is 10.9 Å². The summed E-state index contributed by atoms with van der Waals surface area (Å²) in [6.07, 6.45) is 0.673. The minimum Gasteiger partial charge on any atom is -0.508 e. The normalized spacial score (nSPS) is 20.5. The Balaban J connectivity index is 1.81. The van der Waals surface area contributed by atoms with Gasteiger partial charge in [-0.3, -0.25) is 0 Å². The predicted octanol–water partition coefficient (Wildman–Crippen LogP) is 2.83. The molecule has 1 fully saturated rings. The molecule has 1 saturated heterocycles. The maximum Gasteiger partial charge on any atom is 0.161 e. The maximum atomic E-state index is 13.4. The van der Waals surface area contributed by atoms with Crippen molar-refractivity contribution in [1.29, 1.82) is 0 Å². The molecule has 2 aromatic rings. The first-order valence-electron chi connectivity index (χ1n) is 7.33. The lowest BCUT2D eigenvalue weighted by Crippen LogP contribution is -2.26. The van der Waals surface area contributed by atoms with E-state index in [0.29, 0.717) is 23.5 Å². The number of nitrogens with one attached hydrogen (secondary N) is 2. The number of methoxy groups -OCH3 is 2. The number of hydrogen-bond donors (Lipinski definition) is 3. The minimum absolute atomic E-state index is 0.0162. The number of phenolic OH excluding ortho intramolecular Hbond substituents is 1. The summed E-state index contributed by atoms with van der Waals surface area (Å²) in [6, 6.07) is 9.52. The summed E-state index contributed by atoms with van der Waals surface area (Å²) in [7, 11) is 3.19. The molecule has 0 saturated carbocycles. The van der Waals surface area contributed by atoms with Gasteiger partial charge in [0.1, 0.15) is 11.6 Å². The molecule has 0 aromatic heterocycles. The quantitative estimate of drug-likeness (QED) is 0.809. The van der Waals surface area contributed by atoms with Gasteiger partial charge in [-0.25, -0.2) is 15.2 Å². The molecule has 6 heteroatoms. The van der Waals surface area contributed by atoms with E-state index in [9.17, 15) is 9.50 Å². The van der Waals surface area contributed by atoms with Gasteiger partial charge in [-0.2, -0.15) is 0 Å². The molecule has 0 amide bonds. The monoisotopic (exact) mass is 318 g/mol. The Kier molecular flexibility index (Phi) is 4.36. The minimum atomic E-state index is -0.367. The number of rotatable bonds is 4. The molecule has 0 spiro atoms. The number of aromatic hydroxyl groups is 1. The van der Waals surface area contributed by atoms with Crippen molar-refractivity contribution in [2.75, 3.05) is 14.2 Å². The number of phenols is 1. The molecule has 2 aromatic carbocycles. The zero-order valence-electron chi connectivity index (χ0n) is 13.0. The lowest BCUT2D eigenvalue weighted by atomic mass is 9.97. The molecule has 3 rings (SSSR count). The van der Waals surface area contributed by atoms with Gasteiger partial charge in [0.15, 0.2) is 11.5 Å². The van der Waals surface area contributed by atoms with Crippen molar-refractivity contribution in [3.05, 3.63) is 53.3 Å². The van der Waals surface area contributed by atoms with E-state index in [4.69, 9.17) is 9.47 Å². The highest BCUT2D eigenvalue weighted by molar-refractivity contribution is 5.44. The fraction of sp³-hybridized carbons (Fsp3) is 0.294. The standard InChI is InChI=1S/C17H19FN2O3/c1-22-16-6-3-10(7-17(16)23-2)13-9-14(20-19-13)12-8-11(18)4-5-15(12)21/h3-8,13-14,19-21H,9H2,1-2H3. The van der Waals surface area contributed by atoms with E-state index in [-0.39, 0.29) is 23.7 Å². The molecule has 0 bridgehead atoms. The van der Waals surface area contributed by atoms with Crippen molar-refractivity contribution in [3.63, 3.8) is 0 Å². The van der Waals surface area contributed by atoms with Crippen LogP contribution in [0.5, 0.6) is 17.2 Å². The van der Waals surface area contributed by atoms with Crippen LogP contribution in [0, 0.1) is 5.82 Å². The fourth-order valence-corrected chi connectivity index (χ4v) is 2.85. The molecule has 5 nitrogen and oxygen atoms in total. The third-order valence-electron chi connectivity index (χ3n) is 4.08. The van der Waals surface area contributed by atoms with Crippen molar-refractivity contribution in [2.45, 2.75) is 18.5 Å². The molecule has 0 radical (unpaired) electrons. The molecule has 2 atom stereocenters. The zero-order valence-corrected chi connectivity index (χ0v) is 13.0. The maximum absolute atomic E-state index is 13.4. The second-order valence-corrected chi connectivity index (χ2v) is 5.45. The number of ether oxygens (including phenoxy) is 2. The number of hydrogen-bond acceptors (Lipinski definition) is 5. The zero-order chi connectivity index (χ0) is 16.4. The first-order valence-corrected chi connectivity index (χ1v) is 7.33. The smallest absolute Gasteiger partial charge is 0.161 e. The summed E-state index contributed by atoms with van der Waals surface area (Å²) >= 11 is 0. The molecule has 3 N–H and O–H groups in total. The summed E-state index contributed by atoms with van der Waals surface area (Å²) < 4.78 is 24.0. The lowest BCUT2D eigenvalue weighted by molar-refractivity contribution is 0.354. The molecule has 1 heterocycles. The lowest BCUT2D eigenvalue weighted by Gasteiger charge is -2.14. The van der Waals surface area contributed by atoms with Gasteiger partial charge >= 0.3 is 0 Å². The average molecular weight is 318 g/mol. The largest absolute Gasteiger partial charge is 0.508 e. The van der Waals surface area contributed by atoms with Crippen LogP contribution >= 0.6 is 0 Å². The first-order chi connectivity index (χ1) is 11.1. The molecule has 0 aliphatic carbocycles. The molecule has 1 aliphatic rings. The second kappa shape index (κ2) is 6.44. The van der Waals surface area contributed by atoms with Crippen LogP contribution < -0.4 is 20.3 Å². The Morgan fingerprint density at radius 1 is 1.00 bits per heavy atom. The average Bonchev–Trinajstić information content (AvgIpc) is 3.06. The predicted molar refractivity (Wildman–Crippen MR) is 84.0 cm³/mol. The number of halogens is 1. The van der Waals surface area contributed by atoms with Crippen LogP contribution in [0.4, 0.5) is 4.39 Å². The van der Waals surface area contributed by atoms with Crippen molar-refractivity contribution in [2.24, 2.45) is 0 Å². The van der Waals surface area contributed by atoms with Crippen LogP contribution in [-0.2, 0) is 0 Å². The van der Waals surface area contributed by atoms with Crippen LogP contribution in [0.1, 0.15) is 29.6 Å². The Hall–Kier alpha value is -2.31. The van der Waals surface area contributed by atoms with Gasteiger partial charge in [-0.05, 0) is 42.3 Å². The van der Waals surface area contributed by atoms with E-state index in [1.165, 1.54) is 18.2 Å². The molecular formula is C17H19FN2O3. The van der Waals surface area contributed by atoms with Gasteiger partial charge in [0.25, 0.3) is 0 Å². The van der Waals surface area contributed by atoms with E-state index < -0.39 is 0 Å². The van der Waals surface area contributed by atoms with Gasteiger partial charge < -0.3 is 14.6 Å². The highest BCUT2D eigenvalue weighted by Gasteiger charge is 2.28. The molecular weight excluding hydrogens is 299 g/mol. The van der Waals surface area contributed by atoms with Gasteiger partial charge in [0, 0.05) is 11.6 Å². The molecule has 122 valence electrons. The van der Waals surface area contributed by atoms with E-state index in [0.717, 1.165) is 5.56 Å². The Labute approximate surface area is 134 Å². The second-order valence-electron chi connectivity index (χ2n) is 5.45. The summed E-state index contributed by atoms with van der Waals surface area (Å²) in [4.78, 5) is 0. The molecule has 1 aliphatic heterocycles. The molecule has 2 unspecified atom stereocenters. The fourth-order valence-electron chi connectivity index (χ4n) is 2.85. The highest BCUT2D eigenvalue weighted by atomic mass is 19.1. The van der Waals surface area contributed by atoms with Gasteiger partial charge in [0.05, 0.1) is 20.3 Å². The number of hydrazine groups is 1. The topological polar surface area (TPSA) is 62.8 Å². The third-order valence-corrected chi connectivity index (χ3v) is 4.08. The summed E-state index contributed by atoms with van der Waals surface area (Å²) in [5.41, 5.74) is 7.85. The van der Waals surface area contributed by atoms with Crippen LogP contribution in [0.2, 0.25) is 0 Å². The van der Waals surface area contributed by atoms with Gasteiger partial charge in [0.2, 0.25) is 0 Å². The Morgan fingerprint density at radius 2 is 1.74 bits per heavy atom. The Bertz CT molecular complexity index is 708. The van der Waals surface area contributed by atoms with Crippen LogP contribution in [-0.4, -0.2) is 19.3 Å². The van der Waals surface area contributed by atoms with Crippen LogP contribution in [0.25, 0.3) is 0 Å². The van der Waals surface area contributed by atoms with Crippen LogP contribution in [0.3, 0.4) is 0 Å². The Morgan fingerprint density at radius 3 is 2.48 bits per heavy atom. The first kappa shape index (κ1) is 15.6. The highest BCUT2D eigenvalue weighted by Crippen LogP contribution is 2.37. The van der Waals surface area contributed by atoms with Crippen molar-refractivity contribution in [1.82, 2.24) is 10.9 Å². The van der Waals surface area contributed by atoms with Crippen molar-refractivity contribution >= 4 is 0 Å². The number of benzene rings is 2. The van der Waals surface area contributed by atoms with Gasteiger partial charge in [-0.15, -0.1) is 0 Å². The summed E-state index contributed by atoms with van der Waals surface area (Å²) in [6.45, 7) is 0. The summed E-state index contributed by atoms with van der Waals surface area (Å²) in [5, 5.41) is 9.93. The van der Waals surface area contributed by atoms with E-state index in [1.807, 2.05) is 18.2 Å². The van der Waals surface area contributed by atoms with E-state index >= 15 is 0 Å². The molecule has 23 heavy (non-hydrogen) atoms. The van der Waals surface area contributed by atoms with Crippen molar-refractivity contribution in [3.8, 4) is 17.2 Å². The SMILES string of the molecule is COc1ccc(C2CC(c3cc(F)ccc3O)NN2)cc1OC. The van der Waals surface area contributed by atoms with Gasteiger partial charge in [-0.1, -0.05) is 6.07 Å².